The largest absolute Gasteiger partial charge is 0.493 e. The lowest BCUT2D eigenvalue weighted by Crippen LogP contribution is -2.54. The second-order valence-electron chi connectivity index (χ2n) is 7.22. The lowest BCUT2D eigenvalue weighted by molar-refractivity contribution is -0.122. The van der Waals surface area contributed by atoms with Gasteiger partial charge in [0.25, 0.3) is 11.8 Å². The molecule has 2 amide bonds. The summed E-state index contributed by atoms with van der Waals surface area (Å²) in [5, 5.41) is 2.27. The number of rotatable bonds is 6. The molecule has 0 aromatic heterocycles. The third-order valence-corrected chi connectivity index (χ3v) is 6.07. The van der Waals surface area contributed by atoms with E-state index in [-0.39, 0.29) is 16.4 Å². The van der Waals surface area contributed by atoms with Gasteiger partial charge in [0.2, 0.25) is 0 Å². The summed E-state index contributed by atoms with van der Waals surface area (Å²) in [5.41, 5.74) is 1.31. The first-order valence-electron chi connectivity index (χ1n) is 10.1. The smallest absolute Gasteiger partial charge is 0.270 e. The Hall–Kier alpha value is -3.31. The van der Waals surface area contributed by atoms with Crippen molar-refractivity contribution in [3.63, 3.8) is 0 Å². The number of nitrogens with zero attached hydrogens (tertiary/aromatic N) is 1. The Morgan fingerprint density at radius 2 is 1.79 bits per heavy atom. The van der Waals surface area contributed by atoms with Crippen molar-refractivity contribution in [2.45, 2.75) is 6.61 Å². The number of benzene rings is 3. The molecule has 1 aliphatic heterocycles. The zero-order valence-electron chi connectivity index (χ0n) is 17.9. The van der Waals surface area contributed by atoms with Crippen molar-refractivity contribution in [1.29, 1.82) is 0 Å². The molecule has 0 spiro atoms. The quantitative estimate of drug-likeness (QED) is 0.193. The van der Waals surface area contributed by atoms with Crippen LogP contribution in [0.5, 0.6) is 11.5 Å². The van der Waals surface area contributed by atoms with Crippen LogP contribution in [0, 0.1) is 9.39 Å². The molecule has 0 saturated carbocycles. The highest BCUT2D eigenvalue weighted by atomic mass is 127. The fourth-order valence-corrected chi connectivity index (χ4v) is 4.42. The van der Waals surface area contributed by atoms with Crippen LogP contribution in [-0.4, -0.2) is 24.0 Å². The molecule has 0 bridgehead atoms. The Morgan fingerprint density at radius 3 is 2.50 bits per heavy atom. The maximum absolute atomic E-state index is 14.3. The predicted molar refractivity (Wildman–Crippen MR) is 139 cm³/mol. The van der Waals surface area contributed by atoms with E-state index in [0.717, 1.165) is 14.0 Å². The van der Waals surface area contributed by atoms with Crippen molar-refractivity contribution < 1.29 is 23.5 Å². The van der Waals surface area contributed by atoms with Gasteiger partial charge in [-0.2, -0.15) is 0 Å². The van der Waals surface area contributed by atoms with Crippen LogP contribution in [0.2, 0.25) is 0 Å². The minimum Gasteiger partial charge on any atom is -0.493 e. The van der Waals surface area contributed by atoms with E-state index in [2.05, 4.69) is 27.9 Å². The summed E-state index contributed by atoms with van der Waals surface area (Å²) >= 11 is 7.23. The molecule has 9 heteroatoms. The van der Waals surface area contributed by atoms with E-state index in [4.69, 9.17) is 21.7 Å². The molecule has 1 N–H and O–H groups in total. The first-order valence-corrected chi connectivity index (χ1v) is 11.6. The SMILES string of the molecule is COc1cc(/C=C2\C(=O)NC(=S)N(c3ccccc3F)C2=O)cc(I)c1OCc1ccccc1. The summed E-state index contributed by atoms with van der Waals surface area (Å²) < 4.78 is 26.5. The molecule has 1 fully saturated rings. The molecule has 3 aromatic carbocycles. The first kappa shape index (κ1) is 23.8. The van der Waals surface area contributed by atoms with E-state index in [1.165, 1.54) is 31.4 Å². The number of carbonyl (C=O) groups is 2. The number of halogens is 2. The molecule has 1 aliphatic rings. The van der Waals surface area contributed by atoms with Gasteiger partial charge in [0, 0.05) is 0 Å². The van der Waals surface area contributed by atoms with Crippen LogP contribution in [0.1, 0.15) is 11.1 Å². The van der Waals surface area contributed by atoms with Gasteiger partial charge < -0.3 is 9.47 Å². The Bertz CT molecular complexity index is 1310. The molecule has 0 unspecified atom stereocenters. The minimum absolute atomic E-state index is 0.0415. The molecular formula is C25H18FIN2O4S. The standard InChI is InChI=1S/C25H18FIN2O4S/c1-32-21-13-16(12-19(27)22(21)33-14-15-7-3-2-4-8-15)11-17-23(30)28-25(34)29(24(17)31)20-10-6-5-9-18(20)26/h2-13H,14H2,1H3,(H,28,30,34)/b17-11+. The van der Waals surface area contributed by atoms with Crippen LogP contribution >= 0.6 is 34.8 Å². The van der Waals surface area contributed by atoms with Crippen LogP contribution in [0.4, 0.5) is 10.1 Å². The van der Waals surface area contributed by atoms with Gasteiger partial charge in [-0.15, -0.1) is 0 Å². The topological polar surface area (TPSA) is 67.9 Å². The van der Waals surface area contributed by atoms with Crippen LogP contribution < -0.4 is 19.7 Å². The van der Waals surface area contributed by atoms with E-state index in [1.54, 1.807) is 18.2 Å². The number of ether oxygens (including phenoxy) is 2. The fourth-order valence-electron chi connectivity index (χ4n) is 3.37. The summed E-state index contributed by atoms with van der Waals surface area (Å²) in [6.45, 7) is 0.351. The number of nitrogens with one attached hydrogen (secondary N) is 1. The van der Waals surface area contributed by atoms with Crippen LogP contribution in [0.15, 0.2) is 72.3 Å². The average molecular weight is 588 g/mol. The average Bonchev–Trinajstić information content (AvgIpc) is 2.82. The predicted octanol–water partition coefficient (Wildman–Crippen LogP) is 4.85. The van der Waals surface area contributed by atoms with Gasteiger partial charge in [0.05, 0.1) is 16.4 Å². The van der Waals surface area contributed by atoms with Crippen molar-refractivity contribution in [3.05, 3.63) is 92.8 Å². The number of hydrogen-bond acceptors (Lipinski definition) is 5. The van der Waals surface area contributed by atoms with E-state index < -0.39 is 17.6 Å². The Kier molecular flexibility index (Phi) is 7.23. The Balaban J connectivity index is 1.66. The number of amides is 2. The number of methoxy groups -OCH3 is 1. The highest BCUT2D eigenvalue weighted by molar-refractivity contribution is 14.1. The van der Waals surface area contributed by atoms with E-state index in [1.807, 2.05) is 30.3 Å². The van der Waals surface area contributed by atoms with Crippen molar-refractivity contribution >= 4 is 63.5 Å². The summed E-state index contributed by atoms with van der Waals surface area (Å²) in [6.07, 6.45) is 1.42. The normalized spacial score (nSPS) is 14.9. The van der Waals surface area contributed by atoms with Crippen molar-refractivity contribution in [3.8, 4) is 11.5 Å². The van der Waals surface area contributed by atoms with E-state index >= 15 is 0 Å². The van der Waals surface area contributed by atoms with Crippen molar-refractivity contribution in [2.24, 2.45) is 0 Å². The van der Waals surface area contributed by atoms with E-state index in [9.17, 15) is 14.0 Å². The summed E-state index contributed by atoms with van der Waals surface area (Å²) in [5.74, 6) is -1.04. The van der Waals surface area contributed by atoms with E-state index in [0.29, 0.717) is 23.7 Å². The zero-order valence-corrected chi connectivity index (χ0v) is 20.9. The zero-order chi connectivity index (χ0) is 24.2. The third-order valence-electron chi connectivity index (χ3n) is 4.98. The number of anilines is 1. The maximum atomic E-state index is 14.3. The van der Waals surface area contributed by atoms with Gasteiger partial charge in [-0.25, -0.2) is 9.29 Å². The minimum atomic E-state index is -0.725. The molecule has 1 saturated heterocycles. The lowest BCUT2D eigenvalue weighted by atomic mass is 10.1. The summed E-state index contributed by atoms with van der Waals surface area (Å²) in [4.78, 5) is 26.7. The summed E-state index contributed by atoms with van der Waals surface area (Å²) in [7, 11) is 1.51. The fraction of sp³-hybridized carbons (Fsp3) is 0.0800. The Morgan fingerprint density at radius 1 is 1.09 bits per heavy atom. The number of thiocarbonyl (C=S) groups is 1. The van der Waals surface area contributed by atoms with Gasteiger partial charge >= 0.3 is 0 Å². The molecule has 34 heavy (non-hydrogen) atoms. The molecule has 0 aliphatic carbocycles. The molecule has 0 atom stereocenters. The first-order chi connectivity index (χ1) is 16.4. The number of carbonyl (C=O) groups excluding carboxylic acids is 2. The van der Waals surface area contributed by atoms with Crippen molar-refractivity contribution in [2.75, 3.05) is 12.0 Å². The molecule has 6 nitrogen and oxygen atoms in total. The van der Waals surface area contributed by atoms with Crippen LogP contribution in [-0.2, 0) is 16.2 Å². The highest BCUT2D eigenvalue weighted by Crippen LogP contribution is 2.35. The van der Waals surface area contributed by atoms with Gasteiger partial charge in [0.15, 0.2) is 16.6 Å². The number of para-hydroxylation sites is 1. The molecule has 3 aromatic rings. The number of hydrogen-bond donors (Lipinski definition) is 1. The lowest BCUT2D eigenvalue weighted by Gasteiger charge is -2.29. The van der Waals surface area contributed by atoms with Crippen LogP contribution in [0.25, 0.3) is 6.08 Å². The van der Waals surface area contributed by atoms with Crippen molar-refractivity contribution in [1.82, 2.24) is 5.32 Å². The second kappa shape index (κ2) is 10.3. The summed E-state index contributed by atoms with van der Waals surface area (Å²) in [6, 6.07) is 18.8. The maximum Gasteiger partial charge on any atom is 0.270 e. The monoisotopic (exact) mass is 588 g/mol. The van der Waals surface area contributed by atoms with Gasteiger partial charge in [-0.05, 0) is 76.3 Å². The highest BCUT2D eigenvalue weighted by Gasteiger charge is 2.35. The second-order valence-corrected chi connectivity index (χ2v) is 8.77. The molecule has 172 valence electrons. The van der Waals surface area contributed by atoms with Gasteiger partial charge in [0.1, 0.15) is 18.0 Å². The third kappa shape index (κ3) is 4.95. The van der Waals surface area contributed by atoms with Gasteiger partial charge in [-0.3, -0.25) is 14.9 Å². The molecule has 0 radical (unpaired) electrons. The molecular weight excluding hydrogens is 570 g/mol. The molecule has 4 rings (SSSR count). The van der Waals surface area contributed by atoms with Crippen LogP contribution in [0.3, 0.4) is 0 Å². The van der Waals surface area contributed by atoms with Gasteiger partial charge in [-0.1, -0.05) is 42.5 Å². The Labute approximate surface area is 214 Å². The molecule has 1 heterocycles.